The van der Waals surface area contributed by atoms with Gasteiger partial charge in [-0.05, 0) is 6.92 Å². The Morgan fingerprint density at radius 1 is 1.50 bits per heavy atom. The number of methoxy groups -OCH3 is 1. The maximum absolute atomic E-state index is 11.2. The van der Waals surface area contributed by atoms with E-state index in [0.29, 0.717) is 5.56 Å². The van der Waals surface area contributed by atoms with Gasteiger partial charge in [0, 0.05) is 18.0 Å². The van der Waals surface area contributed by atoms with Crippen LogP contribution < -0.4 is 0 Å². The lowest BCUT2D eigenvalue weighted by atomic mass is 10.3. The van der Waals surface area contributed by atoms with E-state index >= 15 is 0 Å². The second-order valence-electron chi connectivity index (χ2n) is 2.92. The molecule has 0 amide bonds. The van der Waals surface area contributed by atoms with Gasteiger partial charge in [0.15, 0.2) is 9.84 Å². The van der Waals surface area contributed by atoms with E-state index in [2.05, 4.69) is 9.72 Å². The Labute approximate surface area is 82.0 Å². The Kier molecular flexibility index (Phi) is 2.66. The van der Waals surface area contributed by atoms with Crippen molar-refractivity contribution in [3.8, 4) is 0 Å². The average molecular weight is 217 g/mol. The molecule has 0 atom stereocenters. The molecule has 1 heterocycles. The lowest BCUT2D eigenvalue weighted by molar-refractivity contribution is 0.0594. The van der Waals surface area contributed by atoms with E-state index < -0.39 is 15.8 Å². The van der Waals surface area contributed by atoms with Crippen LogP contribution in [0.4, 0.5) is 0 Å². The predicted octanol–water partition coefficient (Wildman–Crippen LogP) is 0.513. The van der Waals surface area contributed by atoms with Crippen LogP contribution in [0, 0.1) is 6.92 Å². The SMILES string of the molecule is COC(=O)c1[nH]cc(S(C)(=O)=O)c1C. The van der Waals surface area contributed by atoms with Crippen LogP contribution in [0.15, 0.2) is 11.1 Å². The van der Waals surface area contributed by atoms with Crippen molar-refractivity contribution in [1.82, 2.24) is 4.98 Å². The van der Waals surface area contributed by atoms with Crippen LogP contribution in [-0.2, 0) is 14.6 Å². The number of aromatic nitrogens is 1. The Bertz CT molecular complexity index is 458. The Morgan fingerprint density at radius 3 is 2.43 bits per heavy atom. The third-order valence-electron chi connectivity index (χ3n) is 1.88. The molecule has 1 rings (SSSR count). The quantitative estimate of drug-likeness (QED) is 0.732. The van der Waals surface area contributed by atoms with Gasteiger partial charge >= 0.3 is 5.97 Å². The Hall–Kier alpha value is -1.30. The van der Waals surface area contributed by atoms with Crippen LogP contribution >= 0.6 is 0 Å². The van der Waals surface area contributed by atoms with E-state index in [0.717, 1.165) is 6.26 Å². The van der Waals surface area contributed by atoms with Crippen LogP contribution in [0.5, 0.6) is 0 Å². The fourth-order valence-corrected chi connectivity index (χ4v) is 2.11. The number of sulfone groups is 1. The highest BCUT2D eigenvalue weighted by Gasteiger charge is 2.19. The van der Waals surface area contributed by atoms with E-state index in [1.807, 2.05) is 0 Å². The lowest BCUT2D eigenvalue weighted by Crippen LogP contribution is -2.04. The van der Waals surface area contributed by atoms with Crippen molar-refractivity contribution in [2.45, 2.75) is 11.8 Å². The maximum atomic E-state index is 11.2. The van der Waals surface area contributed by atoms with Crippen LogP contribution in [0.25, 0.3) is 0 Å². The molecule has 1 N–H and O–H groups in total. The van der Waals surface area contributed by atoms with Crippen molar-refractivity contribution < 1.29 is 17.9 Å². The molecule has 0 spiro atoms. The predicted molar refractivity (Wildman–Crippen MR) is 50.0 cm³/mol. The van der Waals surface area contributed by atoms with E-state index in [4.69, 9.17) is 0 Å². The number of nitrogens with one attached hydrogen (secondary N) is 1. The van der Waals surface area contributed by atoms with Crippen molar-refractivity contribution in [1.29, 1.82) is 0 Å². The summed E-state index contributed by atoms with van der Waals surface area (Å²) < 4.78 is 26.9. The highest BCUT2D eigenvalue weighted by atomic mass is 32.2. The smallest absolute Gasteiger partial charge is 0.354 e. The van der Waals surface area contributed by atoms with Gasteiger partial charge in [0.05, 0.1) is 12.0 Å². The van der Waals surface area contributed by atoms with Crippen LogP contribution in [0.2, 0.25) is 0 Å². The second kappa shape index (κ2) is 3.45. The third-order valence-corrected chi connectivity index (χ3v) is 3.10. The van der Waals surface area contributed by atoms with Crippen LogP contribution in [0.1, 0.15) is 16.1 Å². The van der Waals surface area contributed by atoms with E-state index in [9.17, 15) is 13.2 Å². The monoisotopic (exact) mass is 217 g/mol. The Balaban J connectivity index is 3.29. The molecule has 6 heteroatoms. The molecule has 0 aromatic carbocycles. The number of aromatic amines is 1. The first-order valence-electron chi connectivity index (χ1n) is 3.84. The van der Waals surface area contributed by atoms with Gasteiger partial charge in [0.25, 0.3) is 0 Å². The van der Waals surface area contributed by atoms with Gasteiger partial charge in [-0.2, -0.15) is 0 Å². The number of esters is 1. The first kappa shape index (κ1) is 10.8. The fourth-order valence-electron chi connectivity index (χ4n) is 1.18. The summed E-state index contributed by atoms with van der Waals surface area (Å²) in [6, 6.07) is 0. The highest BCUT2D eigenvalue weighted by Crippen LogP contribution is 2.18. The molecule has 0 saturated heterocycles. The number of carbonyl (C=O) groups excluding carboxylic acids is 1. The van der Waals surface area contributed by atoms with Crippen LogP contribution in [-0.4, -0.2) is 32.7 Å². The molecule has 0 radical (unpaired) electrons. The molecule has 0 aliphatic rings. The summed E-state index contributed by atoms with van der Waals surface area (Å²) in [5.41, 5.74) is 0.562. The third kappa shape index (κ3) is 1.79. The zero-order valence-corrected chi connectivity index (χ0v) is 8.94. The fraction of sp³-hybridized carbons (Fsp3) is 0.375. The number of ether oxygens (including phenoxy) is 1. The Morgan fingerprint density at radius 2 is 2.07 bits per heavy atom. The number of carbonyl (C=O) groups is 1. The van der Waals surface area contributed by atoms with Crippen molar-refractivity contribution in [2.75, 3.05) is 13.4 Å². The first-order chi connectivity index (χ1) is 6.38. The first-order valence-corrected chi connectivity index (χ1v) is 5.73. The summed E-state index contributed by atoms with van der Waals surface area (Å²) in [6.45, 7) is 1.55. The van der Waals surface area contributed by atoms with Gasteiger partial charge in [0.1, 0.15) is 5.69 Å². The summed E-state index contributed by atoms with van der Waals surface area (Å²) in [4.78, 5) is 13.8. The normalized spacial score (nSPS) is 11.4. The van der Waals surface area contributed by atoms with Crippen molar-refractivity contribution in [3.63, 3.8) is 0 Å². The molecular formula is C8H11NO4S. The zero-order chi connectivity index (χ0) is 10.9. The van der Waals surface area contributed by atoms with E-state index in [1.165, 1.54) is 13.3 Å². The molecule has 0 unspecified atom stereocenters. The average Bonchev–Trinajstić information content (AvgIpc) is 2.45. The van der Waals surface area contributed by atoms with Gasteiger partial charge in [-0.1, -0.05) is 0 Å². The summed E-state index contributed by atoms with van der Waals surface area (Å²) in [6.07, 6.45) is 2.38. The summed E-state index contributed by atoms with van der Waals surface area (Å²) in [5.74, 6) is -0.572. The molecule has 0 fully saturated rings. The van der Waals surface area contributed by atoms with Gasteiger partial charge in [0.2, 0.25) is 0 Å². The summed E-state index contributed by atoms with van der Waals surface area (Å²) >= 11 is 0. The minimum atomic E-state index is -3.29. The maximum Gasteiger partial charge on any atom is 0.354 e. The molecule has 78 valence electrons. The molecule has 5 nitrogen and oxygen atoms in total. The molecular weight excluding hydrogens is 206 g/mol. The van der Waals surface area contributed by atoms with Crippen molar-refractivity contribution >= 4 is 15.8 Å². The molecule has 0 bridgehead atoms. The summed E-state index contributed by atoms with van der Waals surface area (Å²) in [5, 5.41) is 0. The van der Waals surface area contributed by atoms with Gasteiger partial charge < -0.3 is 9.72 Å². The number of rotatable bonds is 2. The van der Waals surface area contributed by atoms with E-state index in [1.54, 1.807) is 6.92 Å². The van der Waals surface area contributed by atoms with Crippen molar-refractivity contribution in [3.05, 3.63) is 17.5 Å². The minimum Gasteiger partial charge on any atom is -0.464 e. The van der Waals surface area contributed by atoms with Gasteiger partial charge in [-0.25, -0.2) is 13.2 Å². The highest BCUT2D eigenvalue weighted by molar-refractivity contribution is 7.90. The van der Waals surface area contributed by atoms with Crippen LogP contribution in [0.3, 0.4) is 0 Å². The molecule has 14 heavy (non-hydrogen) atoms. The molecule has 0 saturated carbocycles. The number of hydrogen-bond acceptors (Lipinski definition) is 4. The summed E-state index contributed by atoms with van der Waals surface area (Å²) in [7, 11) is -2.05. The largest absolute Gasteiger partial charge is 0.464 e. The molecule has 0 aliphatic heterocycles. The molecule has 0 aliphatic carbocycles. The molecule has 1 aromatic heterocycles. The second-order valence-corrected chi connectivity index (χ2v) is 4.90. The zero-order valence-electron chi connectivity index (χ0n) is 8.12. The van der Waals surface area contributed by atoms with E-state index in [-0.39, 0.29) is 10.6 Å². The molecule has 1 aromatic rings. The van der Waals surface area contributed by atoms with Gasteiger partial charge in [-0.3, -0.25) is 0 Å². The number of H-pyrrole nitrogens is 1. The number of hydrogen-bond donors (Lipinski definition) is 1. The standard InChI is InChI=1S/C8H11NO4S/c1-5-6(14(3,11)12)4-9-7(5)8(10)13-2/h4,9H,1-3H3. The topological polar surface area (TPSA) is 76.2 Å². The van der Waals surface area contributed by atoms with Crippen molar-refractivity contribution in [2.24, 2.45) is 0 Å². The lowest BCUT2D eigenvalue weighted by Gasteiger charge is -1.98. The van der Waals surface area contributed by atoms with Gasteiger partial charge in [-0.15, -0.1) is 0 Å². The minimum absolute atomic E-state index is 0.123.